The average molecular weight is 259 g/mol. The van der Waals surface area contributed by atoms with E-state index in [2.05, 4.69) is 4.90 Å². The molecule has 0 N–H and O–H groups in total. The van der Waals surface area contributed by atoms with Crippen LogP contribution in [0.25, 0.3) is 0 Å². The molecule has 5 nitrogen and oxygen atoms in total. The number of hydrogen-bond donors (Lipinski definition) is 0. The first-order valence-corrected chi connectivity index (χ1v) is 6.69. The number of nitrogens with zero attached hydrogens (tertiary/aromatic N) is 1. The molecule has 0 aromatic heterocycles. The highest BCUT2D eigenvalue weighted by Gasteiger charge is 2.19. The van der Waals surface area contributed by atoms with E-state index in [-0.39, 0.29) is 12.7 Å². The number of carbonyl (C=O) groups is 2. The molecule has 1 rings (SSSR count). The number of hydrogen-bond acceptors (Lipinski definition) is 5. The third kappa shape index (κ3) is 7.27. The molecule has 0 atom stereocenters. The van der Waals surface area contributed by atoms with E-state index in [1.807, 2.05) is 13.8 Å². The molecule has 0 radical (unpaired) electrons. The lowest BCUT2D eigenvalue weighted by Gasteiger charge is -2.14. The van der Waals surface area contributed by atoms with Crippen LogP contribution in [0.3, 0.4) is 0 Å². The van der Waals surface area contributed by atoms with Gasteiger partial charge in [-0.1, -0.05) is 13.8 Å². The summed E-state index contributed by atoms with van der Waals surface area (Å²) in [6.07, 6.45) is 2.10. The Balaban J connectivity index is 0.00000137. The Bertz CT molecular complexity index is 247. The van der Waals surface area contributed by atoms with Gasteiger partial charge < -0.3 is 9.47 Å². The second kappa shape index (κ2) is 9.88. The van der Waals surface area contributed by atoms with Crippen molar-refractivity contribution in [1.29, 1.82) is 0 Å². The Kier molecular flexibility index (Phi) is 9.28. The summed E-state index contributed by atoms with van der Waals surface area (Å²) in [4.78, 5) is 24.4. The van der Waals surface area contributed by atoms with E-state index >= 15 is 0 Å². The molecular formula is C13H25NO4. The van der Waals surface area contributed by atoms with E-state index < -0.39 is 11.9 Å². The van der Waals surface area contributed by atoms with Crippen molar-refractivity contribution in [2.75, 3.05) is 26.2 Å². The molecule has 0 unspecified atom stereocenters. The lowest BCUT2D eigenvalue weighted by atomic mass is 10.4. The molecule has 18 heavy (non-hydrogen) atoms. The molecule has 0 saturated carbocycles. The van der Waals surface area contributed by atoms with E-state index in [1.54, 1.807) is 13.8 Å². The summed E-state index contributed by atoms with van der Waals surface area (Å²) in [7, 11) is 0. The van der Waals surface area contributed by atoms with Crippen LogP contribution in [-0.2, 0) is 19.1 Å². The fourth-order valence-electron chi connectivity index (χ4n) is 1.59. The molecule has 1 aliphatic rings. The zero-order chi connectivity index (χ0) is 14.0. The molecule has 0 aromatic rings. The highest BCUT2D eigenvalue weighted by atomic mass is 16.6. The quantitative estimate of drug-likeness (QED) is 0.567. The minimum absolute atomic E-state index is 0.256. The summed E-state index contributed by atoms with van der Waals surface area (Å²) >= 11 is 0. The van der Waals surface area contributed by atoms with Gasteiger partial charge in [-0.05, 0) is 39.8 Å². The Labute approximate surface area is 109 Å². The summed E-state index contributed by atoms with van der Waals surface area (Å²) in [5, 5.41) is 0. The SMILES string of the molecule is CC.CC(C)OC(=O)C(=O)OCCN1CCCC1. The van der Waals surface area contributed by atoms with Crippen molar-refractivity contribution >= 4 is 11.9 Å². The summed E-state index contributed by atoms with van der Waals surface area (Å²) in [6.45, 7) is 10.4. The molecule has 0 spiro atoms. The van der Waals surface area contributed by atoms with Gasteiger partial charge in [-0.15, -0.1) is 0 Å². The summed E-state index contributed by atoms with van der Waals surface area (Å²) in [5.41, 5.74) is 0. The van der Waals surface area contributed by atoms with E-state index in [0.717, 1.165) is 13.1 Å². The van der Waals surface area contributed by atoms with Crippen molar-refractivity contribution in [2.24, 2.45) is 0 Å². The first-order chi connectivity index (χ1) is 8.59. The van der Waals surface area contributed by atoms with Crippen molar-refractivity contribution in [1.82, 2.24) is 4.90 Å². The molecule has 1 heterocycles. The van der Waals surface area contributed by atoms with Crippen molar-refractivity contribution in [2.45, 2.75) is 46.6 Å². The minimum atomic E-state index is -0.906. The topological polar surface area (TPSA) is 55.8 Å². The fraction of sp³-hybridized carbons (Fsp3) is 0.846. The molecule has 0 aliphatic carbocycles. The molecule has 0 amide bonds. The predicted molar refractivity (Wildman–Crippen MR) is 69.2 cm³/mol. The van der Waals surface area contributed by atoms with E-state index in [1.165, 1.54) is 12.8 Å². The molecule has 5 heteroatoms. The molecule has 106 valence electrons. The van der Waals surface area contributed by atoms with Gasteiger partial charge in [0.15, 0.2) is 0 Å². The predicted octanol–water partition coefficient (Wildman–Crippen LogP) is 1.60. The largest absolute Gasteiger partial charge is 0.456 e. The van der Waals surface area contributed by atoms with E-state index in [0.29, 0.717) is 6.54 Å². The molecule has 1 fully saturated rings. The monoisotopic (exact) mass is 259 g/mol. The maximum Gasteiger partial charge on any atom is 0.417 e. The van der Waals surface area contributed by atoms with Crippen molar-refractivity contribution in [3.05, 3.63) is 0 Å². The van der Waals surface area contributed by atoms with Gasteiger partial charge in [0, 0.05) is 6.54 Å². The normalized spacial score (nSPS) is 14.9. The van der Waals surface area contributed by atoms with Crippen LogP contribution in [0.5, 0.6) is 0 Å². The zero-order valence-electron chi connectivity index (χ0n) is 11.9. The van der Waals surface area contributed by atoms with Crippen LogP contribution in [0.15, 0.2) is 0 Å². The maximum atomic E-state index is 11.1. The van der Waals surface area contributed by atoms with Crippen LogP contribution in [0, 0.1) is 0 Å². The third-order valence-electron chi connectivity index (χ3n) is 2.35. The average Bonchev–Trinajstić information content (AvgIpc) is 2.83. The second-order valence-corrected chi connectivity index (χ2v) is 4.14. The molecule has 0 bridgehead atoms. The highest BCUT2D eigenvalue weighted by Crippen LogP contribution is 2.06. The third-order valence-corrected chi connectivity index (χ3v) is 2.35. The Morgan fingerprint density at radius 1 is 1.11 bits per heavy atom. The summed E-state index contributed by atoms with van der Waals surface area (Å²) in [6, 6.07) is 0. The van der Waals surface area contributed by atoms with Gasteiger partial charge in [0.1, 0.15) is 6.61 Å². The zero-order valence-corrected chi connectivity index (χ0v) is 11.9. The van der Waals surface area contributed by atoms with Crippen LogP contribution < -0.4 is 0 Å². The van der Waals surface area contributed by atoms with Crippen LogP contribution in [0.1, 0.15) is 40.5 Å². The van der Waals surface area contributed by atoms with Gasteiger partial charge in [-0.2, -0.15) is 0 Å². The van der Waals surface area contributed by atoms with Gasteiger partial charge >= 0.3 is 11.9 Å². The molecular weight excluding hydrogens is 234 g/mol. The standard InChI is InChI=1S/C11H19NO4.C2H6/c1-9(2)16-11(14)10(13)15-8-7-12-5-3-4-6-12;1-2/h9H,3-8H2,1-2H3;1-2H3. The maximum absolute atomic E-state index is 11.1. The van der Waals surface area contributed by atoms with Gasteiger partial charge in [-0.25, -0.2) is 9.59 Å². The first kappa shape index (κ1) is 16.9. The van der Waals surface area contributed by atoms with Gasteiger partial charge in [0.05, 0.1) is 6.10 Å². The highest BCUT2D eigenvalue weighted by molar-refractivity contribution is 6.29. The van der Waals surface area contributed by atoms with Gasteiger partial charge in [-0.3, -0.25) is 4.90 Å². The molecule has 1 saturated heterocycles. The van der Waals surface area contributed by atoms with Crippen LogP contribution in [0.2, 0.25) is 0 Å². The smallest absolute Gasteiger partial charge is 0.417 e. The lowest BCUT2D eigenvalue weighted by Crippen LogP contribution is -2.28. The van der Waals surface area contributed by atoms with Crippen molar-refractivity contribution in [3.63, 3.8) is 0 Å². The minimum Gasteiger partial charge on any atom is -0.456 e. The first-order valence-electron chi connectivity index (χ1n) is 6.69. The van der Waals surface area contributed by atoms with Gasteiger partial charge in [0.2, 0.25) is 0 Å². The van der Waals surface area contributed by atoms with Gasteiger partial charge in [0.25, 0.3) is 0 Å². The number of carbonyl (C=O) groups excluding carboxylic acids is 2. The Hall–Kier alpha value is -1.10. The number of likely N-dealkylation sites (tertiary alicyclic amines) is 1. The fourth-order valence-corrected chi connectivity index (χ4v) is 1.59. The van der Waals surface area contributed by atoms with Crippen molar-refractivity contribution in [3.8, 4) is 0 Å². The Morgan fingerprint density at radius 2 is 1.67 bits per heavy atom. The van der Waals surface area contributed by atoms with Crippen LogP contribution >= 0.6 is 0 Å². The van der Waals surface area contributed by atoms with E-state index in [4.69, 9.17) is 9.47 Å². The second-order valence-electron chi connectivity index (χ2n) is 4.14. The van der Waals surface area contributed by atoms with E-state index in [9.17, 15) is 9.59 Å². The van der Waals surface area contributed by atoms with Crippen molar-refractivity contribution < 1.29 is 19.1 Å². The number of ether oxygens (including phenoxy) is 2. The molecule has 1 aliphatic heterocycles. The lowest BCUT2D eigenvalue weighted by molar-refractivity contribution is -0.170. The summed E-state index contributed by atoms with van der Waals surface area (Å²) < 4.78 is 9.52. The number of rotatable bonds is 4. The summed E-state index contributed by atoms with van der Waals surface area (Å²) in [5.74, 6) is -1.80. The Morgan fingerprint density at radius 3 is 2.17 bits per heavy atom. The van der Waals surface area contributed by atoms with Crippen LogP contribution in [-0.4, -0.2) is 49.2 Å². The molecule has 0 aromatic carbocycles. The van der Waals surface area contributed by atoms with Crippen LogP contribution in [0.4, 0.5) is 0 Å². The number of esters is 2.